The molecule has 75 valence electrons. The van der Waals surface area contributed by atoms with Crippen molar-refractivity contribution < 1.29 is 0 Å². The van der Waals surface area contributed by atoms with Crippen LogP contribution in [0.25, 0.3) is 0 Å². The summed E-state index contributed by atoms with van der Waals surface area (Å²) in [5.41, 5.74) is 0.827. The summed E-state index contributed by atoms with van der Waals surface area (Å²) in [6.45, 7) is 0. The van der Waals surface area contributed by atoms with Crippen molar-refractivity contribution in [3.05, 3.63) is 46.3 Å². The van der Waals surface area contributed by atoms with E-state index in [2.05, 4.69) is 37.3 Å². The van der Waals surface area contributed by atoms with Crippen LogP contribution in [0, 0.1) is 6.07 Å². The van der Waals surface area contributed by atoms with Gasteiger partial charge in [0.1, 0.15) is 5.82 Å². The smallest absolute Gasteiger partial charge is 0.224 e. The van der Waals surface area contributed by atoms with E-state index in [9.17, 15) is 0 Å². The van der Waals surface area contributed by atoms with Crippen molar-refractivity contribution in [3.8, 4) is 0 Å². The largest absolute Gasteiger partial charge is 0.339 e. The summed E-state index contributed by atoms with van der Waals surface area (Å²) >= 11 is 9.02. The number of nitrogens with zero attached hydrogens (tertiary/aromatic N) is 2. The molecule has 0 unspecified atom stereocenters. The Balaban J connectivity index is 2.28. The van der Waals surface area contributed by atoms with Crippen LogP contribution in [-0.4, -0.2) is 9.97 Å². The number of rotatable bonds is 2. The molecule has 0 amide bonds. The monoisotopic (exact) mass is 282 g/mol. The first kappa shape index (κ1) is 10.4. The first-order valence-electron chi connectivity index (χ1n) is 4.17. The molecule has 0 saturated carbocycles. The van der Waals surface area contributed by atoms with Gasteiger partial charge in [-0.15, -0.1) is 0 Å². The first-order chi connectivity index (χ1) is 7.25. The molecule has 0 aliphatic carbocycles. The summed E-state index contributed by atoms with van der Waals surface area (Å²) in [7, 11) is 0. The molecule has 0 fully saturated rings. The quantitative estimate of drug-likeness (QED) is 0.858. The zero-order chi connectivity index (χ0) is 10.7. The predicted molar refractivity (Wildman–Crippen MR) is 63.3 cm³/mol. The Morgan fingerprint density at radius 3 is 3.00 bits per heavy atom. The van der Waals surface area contributed by atoms with E-state index in [1.807, 2.05) is 24.3 Å². The number of hydrogen-bond acceptors (Lipinski definition) is 3. The summed E-state index contributed by atoms with van der Waals surface area (Å²) in [6.07, 6.45) is 1.60. The maximum atomic E-state index is 5.69. The van der Waals surface area contributed by atoms with Crippen molar-refractivity contribution in [3.63, 3.8) is 0 Å². The highest BCUT2D eigenvalue weighted by molar-refractivity contribution is 9.10. The third kappa shape index (κ3) is 2.67. The number of anilines is 2. The van der Waals surface area contributed by atoms with Gasteiger partial charge in [0.25, 0.3) is 0 Å². The molecule has 0 bridgehead atoms. The van der Waals surface area contributed by atoms with Crippen LogP contribution in [0.1, 0.15) is 0 Å². The van der Waals surface area contributed by atoms with Crippen LogP contribution in [0.2, 0.25) is 5.28 Å². The van der Waals surface area contributed by atoms with Crippen molar-refractivity contribution in [2.24, 2.45) is 0 Å². The molecular weight excluding hydrogens is 277 g/mol. The minimum atomic E-state index is 0.205. The molecule has 1 N–H and O–H groups in total. The summed E-state index contributed by atoms with van der Waals surface area (Å²) in [6, 6.07) is 10.5. The van der Waals surface area contributed by atoms with Gasteiger partial charge in [-0.05, 0) is 33.6 Å². The fraction of sp³-hybridized carbons (Fsp3) is 0. The van der Waals surface area contributed by atoms with E-state index in [-0.39, 0.29) is 5.28 Å². The molecule has 1 aromatic carbocycles. The molecule has 1 heterocycles. The topological polar surface area (TPSA) is 37.8 Å². The number of benzene rings is 1. The van der Waals surface area contributed by atoms with Gasteiger partial charge in [0.05, 0.1) is 4.47 Å². The molecule has 0 atom stereocenters. The van der Waals surface area contributed by atoms with Crippen molar-refractivity contribution >= 4 is 39.0 Å². The fourth-order valence-corrected chi connectivity index (χ4v) is 1.46. The first-order valence-corrected chi connectivity index (χ1v) is 5.34. The zero-order valence-corrected chi connectivity index (χ0v) is 9.88. The Kier molecular flexibility index (Phi) is 3.18. The normalized spacial score (nSPS) is 10.0. The molecule has 0 aliphatic rings. The van der Waals surface area contributed by atoms with Gasteiger partial charge < -0.3 is 5.32 Å². The summed E-state index contributed by atoms with van der Waals surface area (Å²) < 4.78 is 0.754. The van der Waals surface area contributed by atoms with E-state index in [1.165, 1.54) is 0 Å². The Labute approximate surface area is 101 Å². The highest BCUT2D eigenvalue weighted by Crippen LogP contribution is 2.23. The van der Waals surface area contributed by atoms with Gasteiger partial charge in [-0.2, -0.15) is 4.98 Å². The van der Waals surface area contributed by atoms with Crippen LogP contribution in [0.3, 0.4) is 0 Å². The van der Waals surface area contributed by atoms with Crippen LogP contribution >= 0.6 is 27.5 Å². The summed E-state index contributed by atoms with van der Waals surface area (Å²) in [4.78, 5) is 7.88. The van der Waals surface area contributed by atoms with Crippen molar-refractivity contribution in [1.82, 2.24) is 9.97 Å². The molecule has 1 aromatic heterocycles. The average Bonchev–Trinajstić information content (AvgIpc) is 2.25. The highest BCUT2D eigenvalue weighted by atomic mass is 79.9. The lowest BCUT2D eigenvalue weighted by Crippen LogP contribution is -1.96. The molecule has 0 saturated heterocycles. The zero-order valence-electron chi connectivity index (χ0n) is 7.54. The van der Waals surface area contributed by atoms with E-state index in [1.54, 1.807) is 6.20 Å². The van der Waals surface area contributed by atoms with Gasteiger partial charge in [0.15, 0.2) is 0 Å². The van der Waals surface area contributed by atoms with Gasteiger partial charge in [-0.1, -0.05) is 18.2 Å². The van der Waals surface area contributed by atoms with E-state index >= 15 is 0 Å². The van der Waals surface area contributed by atoms with Crippen molar-refractivity contribution in [2.45, 2.75) is 0 Å². The number of nitrogens with one attached hydrogen (secondary N) is 1. The van der Waals surface area contributed by atoms with Gasteiger partial charge >= 0.3 is 0 Å². The second-order valence-corrected chi connectivity index (χ2v) is 3.93. The Bertz CT molecular complexity index is 461. The van der Waals surface area contributed by atoms with E-state index in [0.29, 0.717) is 5.82 Å². The number of hydrogen-bond donors (Lipinski definition) is 1. The summed E-state index contributed by atoms with van der Waals surface area (Å²) in [5, 5.41) is 3.28. The van der Waals surface area contributed by atoms with Crippen LogP contribution in [0.4, 0.5) is 11.5 Å². The van der Waals surface area contributed by atoms with E-state index in [4.69, 9.17) is 11.6 Å². The Hall–Kier alpha value is -1.13. The van der Waals surface area contributed by atoms with Crippen LogP contribution in [0.15, 0.2) is 34.9 Å². The molecule has 0 spiro atoms. The SMILES string of the molecule is Clc1ncc(Br)c(Nc2[c]cccc2)n1. The highest BCUT2D eigenvalue weighted by Gasteiger charge is 2.03. The standard InChI is InChI=1S/C10H6BrClN3/c11-8-6-13-10(12)15-9(8)14-7-4-2-1-3-5-7/h1-4,6H,(H,13,14,15). The van der Waals surface area contributed by atoms with Gasteiger partial charge in [0.2, 0.25) is 5.28 Å². The second kappa shape index (κ2) is 4.59. The predicted octanol–water partition coefficient (Wildman–Crippen LogP) is 3.44. The molecule has 2 rings (SSSR count). The van der Waals surface area contributed by atoms with Gasteiger partial charge in [-0.25, -0.2) is 4.98 Å². The summed E-state index contributed by atoms with van der Waals surface area (Å²) in [5.74, 6) is 0.623. The molecular formula is C10H6BrClN3. The second-order valence-electron chi connectivity index (χ2n) is 2.74. The number of para-hydroxylation sites is 1. The van der Waals surface area contributed by atoms with E-state index < -0.39 is 0 Å². The molecule has 2 aromatic rings. The number of halogens is 2. The molecule has 1 radical (unpaired) electrons. The third-order valence-corrected chi connectivity index (χ3v) is 2.44. The minimum absolute atomic E-state index is 0.205. The lowest BCUT2D eigenvalue weighted by Gasteiger charge is -2.06. The molecule has 5 heteroatoms. The van der Waals surface area contributed by atoms with Crippen molar-refractivity contribution in [2.75, 3.05) is 5.32 Å². The van der Waals surface area contributed by atoms with Crippen LogP contribution in [0.5, 0.6) is 0 Å². The fourth-order valence-electron chi connectivity index (χ4n) is 1.03. The minimum Gasteiger partial charge on any atom is -0.339 e. The van der Waals surface area contributed by atoms with E-state index in [0.717, 1.165) is 10.2 Å². The molecule has 15 heavy (non-hydrogen) atoms. The lowest BCUT2D eigenvalue weighted by molar-refractivity contribution is 1.15. The van der Waals surface area contributed by atoms with Crippen LogP contribution in [-0.2, 0) is 0 Å². The number of aromatic nitrogens is 2. The van der Waals surface area contributed by atoms with Gasteiger partial charge in [-0.3, -0.25) is 0 Å². The van der Waals surface area contributed by atoms with Gasteiger partial charge in [0, 0.05) is 18.0 Å². The Morgan fingerprint density at radius 2 is 2.27 bits per heavy atom. The lowest BCUT2D eigenvalue weighted by atomic mass is 10.3. The molecule has 3 nitrogen and oxygen atoms in total. The average molecular weight is 284 g/mol. The van der Waals surface area contributed by atoms with Crippen molar-refractivity contribution in [1.29, 1.82) is 0 Å². The Morgan fingerprint density at radius 1 is 1.40 bits per heavy atom. The molecule has 0 aliphatic heterocycles. The van der Waals surface area contributed by atoms with Crippen LogP contribution < -0.4 is 5.32 Å². The third-order valence-electron chi connectivity index (χ3n) is 1.68. The maximum absolute atomic E-state index is 5.69. The maximum Gasteiger partial charge on any atom is 0.224 e.